The third-order valence-corrected chi connectivity index (χ3v) is 4.99. The van der Waals surface area contributed by atoms with E-state index in [4.69, 9.17) is 0 Å². The molecule has 2 aliphatic rings. The monoisotopic (exact) mass is 331 g/mol. The second kappa shape index (κ2) is 7.64. The average molecular weight is 331 g/mol. The van der Waals surface area contributed by atoms with Crippen molar-refractivity contribution >= 4 is 12.0 Å². The number of hydrogen-bond donors (Lipinski definition) is 2. The van der Waals surface area contributed by atoms with Crippen molar-refractivity contribution in [3.8, 4) is 0 Å². The first-order valence-corrected chi connectivity index (χ1v) is 8.84. The highest BCUT2D eigenvalue weighted by Gasteiger charge is 2.38. The molecule has 2 fully saturated rings. The van der Waals surface area contributed by atoms with Gasteiger partial charge in [0.1, 0.15) is 6.04 Å². The van der Waals surface area contributed by atoms with Crippen molar-refractivity contribution in [2.75, 3.05) is 0 Å². The molecule has 6 heteroatoms. The first-order chi connectivity index (χ1) is 11.6. The Kier molecular flexibility index (Phi) is 5.33. The summed E-state index contributed by atoms with van der Waals surface area (Å²) in [4.78, 5) is 30.2. The summed E-state index contributed by atoms with van der Waals surface area (Å²) in [6, 6.07) is 2.96. The van der Waals surface area contributed by atoms with Crippen molar-refractivity contribution in [3.05, 3.63) is 30.1 Å². The van der Waals surface area contributed by atoms with E-state index in [1.807, 2.05) is 17.0 Å². The van der Waals surface area contributed by atoms with Gasteiger partial charge in [0.25, 0.3) is 0 Å². The fourth-order valence-electron chi connectivity index (χ4n) is 3.47. The van der Waals surface area contributed by atoms with Crippen LogP contribution >= 0.6 is 0 Å². The lowest BCUT2D eigenvalue weighted by Gasteiger charge is -2.35. The van der Waals surface area contributed by atoms with Gasteiger partial charge in [-0.3, -0.25) is 4.98 Å². The van der Waals surface area contributed by atoms with Crippen LogP contribution in [-0.2, 0) is 11.3 Å². The van der Waals surface area contributed by atoms with Crippen LogP contribution in [0.25, 0.3) is 0 Å². The van der Waals surface area contributed by atoms with Crippen LogP contribution in [0.1, 0.15) is 50.5 Å². The largest absolute Gasteiger partial charge is 0.480 e. The lowest BCUT2D eigenvalue weighted by molar-refractivity contribution is -0.139. The Balaban J connectivity index is 1.72. The number of carbonyl (C=O) groups is 2. The number of urea groups is 1. The molecule has 1 heterocycles. The normalized spacial score (nSPS) is 19.5. The Labute approximate surface area is 142 Å². The number of aliphatic carboxylic acids is 1. The van der Waals surface area contributed by atoms with E-state index >= 15 is 0 Å². The Hall–Kier alpha value is -2.11. The number of carboxylic acid groups (broad SMARTS) is 1. The fraction of sp³-hybridized carbons (Fsp3) is 0.611. The second-order valence-electron chi connectivity index (χ2n) is 6.88. The number of rotatable bonds is 6. The minimum Gasteiger partial charge on any atom is -0.480 e. The maximum absolute atomic E-state index is 12.8. The van der Waals surface area contributed by atoms with Gasteiger partial charge in [0.05, 0.1) is 0 Å². The number of nitrogens with zero attached hydrogens (tertiary/aromatic N) is 2. The van der Waals surface area contributed by atoms with Gasteiger partial charge in [0.15, 0.2) is 0 Å². The van der Waals surface area contributed by atoms with Gasteiger partial charge in [-0.25, -0.2) is 9.59 Å². The van der Waals surface area contributed by atoms with Gasteiger partial charge < -0.3 is 15.3 Å². The molecule has 0 bridgehead atoms. The molecule has 0 spiro atoms. The van der Waals surface area contributed by atoms with Gasteiger partial charge in [-0.2, -0.15) is 0 Å². The Morgan fingerprint density at radius 1 is 1.25 bits per heavy atom. The summed E-state index contributed by atoms with van der Waals surface area (Å²) in [7, 11) is 0. The van der Waals surface area contributed by atoms with Gasteiger partial charge in [-0.05, 0) is 43.2 Å². The molecular weight excluding hydrogens is 306 g/mol. The summed E-state index contributed by atoms with van der Waals surface area (Å²) in [6.07, 6.45) is 10.6. The predicted octanol–water partition coefficient (Wildman–Crippen LogP) is 2.79. The molecule has 2 amide bonds. The third-order valence-electron chi connectivity index (χ3n) is 4.99. The first-order valence-electron chi connectivity index (χ1n) is 8.84. The minimum absolute atomic E-state index is 0.0815. The van der Waals surface area contributed by atoms with Crippen molar-refractivity contribution < 1.29 is 14.7 Å². The number of amides is 2. The van der Waals surface area contributed by atoms with Crippen LogP contribution in [-0.4, -0.2) is 39.1 Å². The zero-order chi connectivity index (χ0) is 16.9. The topological polar surface area (TPSA) is 82.5 Å². The van der Waals surface area contributed by atoms with E-state index in [2.05, 4.69) is 10.3 Å². The summed E-state index contributed by atoms with van der Waals surface area (Å²) >= 11 is 0. The number of hydrogen-bond acceptors (Lipinski definition) is 3. The van der Waals surface area contributed by atoms with Crippen molar-refractivity contribution in [1.82, 2.24) is 15.2 Å². The molecule has 1 aromatic heterocycles. The number of aromatic nitrogens is 1. The Morgan fingerprint density at radius 2 is 2.00 bits per heavy atom. The highest BCUT2D eigenvalue weighted by molar-refractivity contribution is 5.83. The first kappa shape index (κ1) is 16.7. The maximum atomic E-state index is 12.8. The molecule has 0 aliphatic heterocycles. The highest BCUT2D eigenvalue weighted by atomic mass is 16.4. The molecule has 0 radical (unpaired) electrons. The molecular formula is C18H25N3O3. The van der Waals surface area contributed by atoms with Crippen LogP contribution in [0.15, 0.2) is 24.5 Å². The van der Waals surface area contributed by atoms with E-state index in [1.165, 1.54) is 6.42 Å². The molecule has 0 saturated heterocycles. The Bertz CT molecular complexity index is 568. The zero-order valence-corrected chi connectivity index (χ0v) is 13.9. The lowest BCUT2D eigenvalue weighted by Crippen LogP contribution is -2.52. The Morgan fingerprint density at radius 3 is 2.58 bits per heavy atom. The molecule has 0 aromatic carbocycles. The smallest absolute Gasteiger partial charge is 0.326 e. The molecule has 0 unspecified atom stereocenters. The van der Waals surface area contributed by atoms with Crippen molar-refractivity contribution in [1.29, 1.82) is 0 Å². The van der Waals surface area contributed by atoms with Gasteiger partial charge in [0, 0.05) is 25.0 Å². The summed E-state index contributed by atoms with van der Waals surface area (Å²) in [5, 5.41) is 12.1. The van der Waals surface area contributed by atoms with Gasteiger partial charge in [-0.15, -0.1) is 0 Å². The van der Waals surface area contributed by atoms with Crippen molar-refractivity contribution in [2.24, 2.45) is 5.92 Å². The van der Waals surface area contributed by atoms with Crippen LogP contribution in [0, 0.1) is 5.92 Å². The molecule has 6 nitrogen and oxygen atoms in total. The molecule has 2 aliphatic carbocycles. The van der Waals surface area contributed by atoms with E-state index in [0.29, 0.717) is 6.54 Å². The van der Waals surface area contributed by atoms with Crippen LogP contribution in [0.5, 0.6) is 0 Å². The average Bonchev–Trinajstić information content (AvgIpc) is 3.43. The molecule has 2 saturated carbocycles. The maximum Gasteiger partial charge on any atom is 0.326 e. The summed E-state index contributed by atoms with van der Waals surface area (Å²) < 4.78 is 0. The quantitative estimate of drug-likeness (QED) is 0.840. The van der Waals surface area contributed by atoms with Crippen LogP contribution < -0.4 is 5.32 Å². The lowest BCUT2D eigenvalue weighted by atomic mass is 9.94. The van der Waals surface area contributed by atoms with E-state index in [9.17, 15) is 14.7 Å². The zero-order valence-electron chi connectivity index (χ0n) is 13.9. The number of nitrogens with one attached hydrogen (secondary N) is 1. The highest BCUT2D eigenvalue weighted by Crippen LogP contribution is 2.33. The molecule has 2 N–H and O–H groups in total. The van der Waals surface area contributed by atoms with E-state index < -0.39 is 12.0 Å². The van der Waals surface area contributed by atoms with Crippen molar-refractivity contribution in [3.63, 3.8) is 0 Å². The van der Waals surface area contributed by atoms with Crippen LogP contribution in [0.2, 0.25) is 0 Å². The number of carboxylic acids is 1. The minimum atomic E-state index is -0.934. The molecule has 24 heavy (non-hydrogen) atoms. The molecule has 130 valence electrons. The SMILES string of the molecule is O=C(O)[C@@H](NC(=O)N(Cc1cccnc1)C1CCCCC1)C1CC1. The number of carbonyl (C=O) groups excluding carboxylic acids is 1. The number of pyridine rings is 1. The third kappa shape index (κ3) is 4.24. The summed E-state index contributed by atoms with van der Waals surface area (Å²) in [5.41, 5.74) is 0.969. The molecule has 3 rings (SSSR count). The van der Waals surface area contributed by atoms with Gasteiger partial charge in [-0.1, -0.05) is 25.3 Å². The predicted molar refractivity (Wildman–Crippen MR) is 89.3 cm³/mol. The standard InChI is InChI=1S/C18H25N3O3/c22-17(23)16(14-8-9-14)20-18(24)21(15-6-2-1-3-7-15)12-13-5-4-10-19-11-13/h4-5,10-11,14-16H,1-3,6-9,12H2,(H,20,24)(H,22,23)/t16-/m0/s1. The van der Waals surface area contributed by atoms with E-state index in [0.717, 1.165) is 44.1 Å². The van der Waals surface area contributed by atoms with Crippen LogP contribution in [0.3, 0.4) is 0 Å². The molecule has 1 atom stereocenters. The summed E-state index contributed by atoms with van der Waals surface area (Å²) in [6.45, 7) is 0.474. The van der Waals surface area contributed by atoms with E-state index in [-0.39, 0.29) is 18.0 Å². The van der Waals surface area contributed by atoms with Gasteiger partial charge in [0.2, 0.25) is 0 Å². The second-order valence-corrected chi connectivity index (χ2v) is 6.88. The van der Waals surface area contributed by atoms with E-state index in [1.54, 1.807) is 12.4 Å². The van der Waals surface area contributed by atoms with Crippen molar-refractivity contribution in [2.45, 2.75) is 63.6 Å². The summed E-state index contributed by atoms with van der Waals surface area (Å²) in [5.74, 6) is -0.853. The fourth-order valence-corrected chi connectivity index (χ4v) is 3.47. The van der Waals surface area contributed by atoms with Crippen LogP contribution in [0.4, 0.5) is 4.79 Å². The van der Waals surface area contributed by atoms with Gasteiger partial charge >= 0.3 is 12.0 Å². The molecule has 1 aromatic rings.